The predicted molar refractivity (Wildman–Crippen MR) is 77.7 cm³/mol. The molecule has 0 atom stereocenters. The Morgan fingerprint density at radius 2 is 1.90 bits per heavy atom. The molecule has 0 saturated carbocycles. The summed E-state index contributed by atoms with van der Waals surface area (Å²) in [5.41, 5.74) is 1.56. The summed E-state index contributed by atoms with van der Waals surface area (Å²) in [6, 6.07) is 12.3. The Bertz CT molecular complexity index is 625. The molecule has 0 unspecified atom stereocenters. The van der Waals surface area contributed by atoms with Gasteiger partial charge in [-0.05, 0) is 24.3 Å². The summed E-state index contributed by atoms with van der Waals surface area (Å²) in [5.74, 6) is 0.440. The first-order valence-electron chi connectivity index (χ1n) is 5.93. The van der Waals surface area contributed by atoms with Crippen LogP contribution in [0.5, 0.6) is 11.5 Å². The molecule has 0 heterocycles. The van der Waals surface area contributed by atoms with Gasteiger partial charge in [0.15, 0.2) is 0 Å². The topological polar surface area (TPSA) is 55.8 Å². The lowest BCUT2D eigenvalue weighted by molar-refractivity contribution is -0.130. The highest BCUT2D eigenvalue weighted by atomic mass is 32.2. The quantitative estimate of drug-likeness (QED) is 0.871. The van der Waals surface area contributed by atoms with Gasteiger partial charge in [0, 0.05) is 18.1 Å². The van der Waals surface area contributed by atoms with Gasteiger partial charge < -0.3 is 14.0 Å². The van der Waals surface area contributed by atoms with E-state index in [1.165, 1.54) is 6.92 Å². The van der Waals surface area contributed by atoms with Crippen molar-refractivity contribution in [3.63, 3.8) is 0 Å². The summed E-state index contributed by atoms with van der Waals surface area (Å²) in [6.07, 6.45) is 0. The molecular weight excluding hydrogens is 276 g/mol. The number of carbonyl (C=O) groups excluding carboxylic acids is 1. The summed E-state index contributed by atoms with van der Waals surface area (Å²) in [6.45, 7) is 1.34. The first-order valence-corrected chi connectivity index (χ1v) is 6.67. The van der Waals surface area contributed by atoms with Gasteiger partial charge >= 0.3 is 5.97 Å². The molecule has 2 rings (SSSR count). The zero-order valence-corrected chi connectivity index (χ0v) is 11.9. The number of rotatable bonds is 4. The van der Waals surface area contributed by atoms with E-state index < -0.39 is 0 Å². The molecule has 0 aromatic heterocycles. The molecule has 0 aliphatic heterocycles. The molecule has 20 heavy (non-hydrogen) atoms. The monoisotopic (exact) mass is 290 g/mol. The highest BCUT2D eigenvalue weighted by Gasteiger charge is 2.13. The highest BCUT2D eigenvalue weighted by molar-refractivity contribution is 7.95. The van der Waals surface area contributed by atoms with Gasteiger partial charge in [0.2, 0.25) is 0 Å². The molecular formula is C15H14O4S. The van der Waals surface area contributed by atoms with Gasteiger partial charge in [-0.1, -0.05) is 18.2 Å². The molecule has 5 heteroatoms. The lowest BCUT2D eigenvalue weighted by Crippen LogP contribution is -1.92. The van der Waals surface area contributed by atoms with Crippen molar-refractivity contribution in [2.45, 2.75) is 11.8 Å². The standard InChI is InChI=1S/C15H14O4S/c1-10(16)19-20-15-8-7-11(17)9-13(15)12-5-3-4-6-14(12)18-2/h3-9,17H,1-2H3. The number of aromatic hydroxyl groups is 1. The van der Waals surface area contributed by atoms with E-state index in [4.69, 9.17) is 8.92 Å². The highest BCUT2D eigenvalue weighted by Crippen LogP contribution is 2.38. The van der Waals surface area contributed by atoms with E-state index in [2.05, 4.69) is 0 Å². The molecule has 0 fully saturated rings. The van der Waals surface area contributed by atoms with Crippen LogP contribution in [0.25, 0.3) is 11.1 Å². The summed E-state index contributed by atoms with van der Waals surface area (Å²) < 4.78 is 10.3. The molecule has 104 valence electrons. The van der Waals surface area contributed by atoms with Crippen LogP contribution in [0.1, 0.15) is 6.92 Å². The normalized spacial score (nSPS) is 10.1. The molecule has 4 nitrogen and oxygen atoms in total. The minimum absolute atomic E-state index is 0.137. The van der Waals surface area contributed by atoms with Gasteiger partial charge in [-0.3, -0.25) is 4.79 Å². The number of phenolic OH excluding ortho intramolecular Hbond substituents is 1. The summed E-state index contributed by atoms with van der Waals surface area (Å²) in [5, 5.41) is 9.68. The van der Waals surface area contributed by atoms with Crippen molar-refractivity contribution in [1.29, 1.82) is 0 Å². The maximum Gasteiger partial charge on any atom is 0.315 e. The second-order valence-corrected chi connectivity index (χ2v) is 4.81. The molecule has 2 aromatic carbocycles. The van der Waals surface area contributed by atoms with Crippen LogP contribution in [0.2, 0.25) is 0 Å². The Balaban J connectivity index is 2.48. The van der Waals surface area contributed by atoms with Crippen LogP contribution >= 0.6 is 12.0 Å². The van der Waals surface area contributed by atoms with Crippen molar-refractivity contribution in [3.05, 3.63) is 42.5 Å². The lowest BCUT2D eigenvalue weighted by atomic mass is 10.0. The zero-order valence-electron chi connectivity index (χ0n) is 11.1. The van der Waals surface area contributed by atoms with Gasteiger partial charge in [0.1, 0.15) is 11.5 Å². The van der Waals surface area contributed by atoms with Crippen molar-refractivity contribution in [2.75, 3.05) is 7.11 Å². The molecule has 2 aromatic rings. The smallest absolute Gasteiger partial charge is 0.315 e. The SMILES string of the molecule is COc1ccccc1-c1cc(O)ccc1SOC(C)=O. The first-order chi connectivity index (χ1) is 9.61. The fourth-order valence-electron chi connectivity index (χ4n) is 1.77. The van der Waals surface area contributed by atoms with Gasteiger partial charge in [0.05, 0.1) is 24.0 Å². The summed E-state index contributed by atoms with van der Waals surface area (Å²) in [7, 11) is 1.58. The molecule has 0 amide bonds. The molecule has 1 N–H and O–H groups in total. The van der Waals surface area contributed by atoms with E-state index in [9.17, 15) is 9.90 Å². The fraction of sp³-hybridized carbons (Fsp3) is 0.133. The van der Waals surface area contributed by atoms with Crippen molar-refractivity contribution >= 4 is 18.0 Å². The van der Waals surface area contributed by atoms with Crippen molar-refractivity contribution in [1.82, 2.24) is 0 Å². The van der Waals surface area contributed by atoms with Gasteiger partial charge in [-0.15, -0.1) is 0 Å². The number of para-hydroxylation sites is 1. The zero-order chi connectivity index (χ0) is 14.5. The summed E-state index contributed by atoms with van der Waals surface area (Å²) >= 11 is 0.962. The van der Waals surface area contributed by atoms with E-state index in [1.807, 2.05) is 24.3 Å². The second-order valence-electron chi connectivity index (χ2n) is 4.04. The number of hydrogen-bond donors (Lipinski definition) is 1. The van der Waals surface area contributed by atoms with Gasteiger partial charge in [0.25, 0.3) is 0 Å². The number of hydrogen-bond acceptors (Lipinski definition) is 5. The Morgan fingerprint density at radius 1 is 1.15 bits per heavy atom. The van der Waals surface area contributed by atoms with Crippen molar-refractivity contribution < 1.29 is 18.8 Å². The van der Waals surface area contributed by atoms with E-state index >= 15 is 0 Å². The number of ether oxygens (including phenoxy) is 1. The number of benzene rings is 2. The average molecular weight is 290 g/mol. The third-order valence-corrected chi connectivity index (χ3v) is 3.46. The molecule has 0 aliphatic carbocycles. The number of carbonyl (C=O) groups is 1. The van der Waals surface area contributed by atoms with E-state index in [-0.39, 0.29) is 11.7 Å². The predicted octanol–water partition coefficient (Wildman–Crippen LogP) is 3.64. The fourth-order valence-corrected chi connectivity index (χ4v) is 2.36. The number of phenols is 1. The van der Waals surface area contributed by atoms with Gasteiger partial charge in [-0.25, -0.2) is 0 Å². The Kier molecular flexibility index (Phi) is 4.53. The number of methoxy groups -OCH3 is 1. The Morgan fingerprint density at radius 3 is 2.60 bits per heavy atom. The third kappa shape index (κ3) is 3.24. The minimum Gasteiger partial charge on any atom is -0.508 e. The average Bonchev–Trinajstić information content (AvgIpc) is 2.45. The maximum absolute atomic E-state index is 10.9. The van der Waals surface area contributed by atoms with E-state index in [0.29, 0.717) is 5.75 Å². The molecule has 0 aliphatic rings. The molecule has 0 saturated heterocycles. The molecule has 0 spiro atoms. The maximum atomic E-state index is 10.9. The van der Waals surface area contributed by atoms with Crippen LogP contribution in [0.15, 0.2) is 47.4 Å². The van der Waals surface area contributed by atoms with Crippen molar-refractivity contribution in [2.24, 2.45) is 0 Å². The minimum atomic E-state index is -0.381. The van der Waals surface area contributed by atoms with Gasteiger partial charge in [-0.2, -0.15) is 0 Å². The van der Waals surface area contributed by atoms with Crippen molar-refractivity contribution in [3.8, 4) is 22.6 Å². The molecule has 0 radical (unpaired) electrons. The van der Waals surface area contributed by atoms with Crippen LogP contribution in [0.4, 0.5) is 0 Å². The molecule has 0 bridgehead atoms. The van der Waals surface area contributed by atoms with Crippen LogP contribution < -0.4 is 4.74 Å². The third-order valence-electron chi connectivity index (χ3n) is 2.61. The first kappa shape index (κ1) is 14.3. The Hall–Kier alpha value is -2.14. The largest absolute Gasteiger partial charge is 0.508 e. The van der Waals surface area contributed by atoms with Crippen LogP contribution in [-0.2, 0) is 8.98 Å². The van der Waals surface area contributed by atoms with Crippen LogP contribution in [0, 0.1) is 0 Å². The second kappa shape index (κ2) is 6.34. The van der Waals surface area contributed by atoms with Crippen LogP contribution in [0.3, 0.4) is 0 Å². The summed E-state index contributed by atoms with van der Waals surface area (Å²) in [4.78, 5) is 11.7. The van der Waals surface area contributed by atoms with Crippen LogP contribution in [-0.4, -0.2) is 18.2 Å². The Labute approximate surface area is 121 Å². The van der Waals surface area contributed by atoms with E-state index in [1.54, 1.807) is 25.3 Å². The van der Waals surface area contributed by atoms with E-state index in [0.717, 1.165) is 28.1 Å². The lowest BCUT2D eigenvalue weighted by Gasteiger charge is -2.12.